The van der Waals surface area contributed by atoms with Crippen molar-refractivity contribution < 1.29 is 16.8 Å². The predicted octanol–water partition coefficient (Wildman–Crippen LogP) is 0.127. The quantitative estimate of drug-likeness (QED) is 0.396. The second-order valence-electron chi connectivity index (χ2n) is 0.420. The minimum atomic E-state index is -2.35. The molecule has 0 radical (unpaired) electrons. The molecule has 0 saturated heterocycles. The van der Waals surface area contributed by atoms with Gasteiger partial charge in [-0.25, -0.2) is 0 Å². The first-order valence-electron chi connectivity index (χ1n) is 0.973. The molecule has 34 valence electrons. The fourth-order valence-corrected chi connectivity index (χ4v) is 0. The summed E-state index contributed by atoms with van der Waals surface area (Å²) in [5.41, 5.74) is 0. The largest absolute Gasteiger partial charge is 2.00 e. The van der Waals surface area contributed by atoms with E-state index in [4.69, 9.17) is 4.89 Å². The summed E-state index contributed by atoms with van der Waals surface area (Å²) in [6.45, 7) is 0. The SMILES string of the molecule is CO[P+](=O)O.[H-].[H-].[Mg+2]. The molecule has 0 saturated carbocycles. The molecule has 0 aliphatic rings. The standard InChI is InChI=1S/CH3O3P.Mg.2H/c1-4-5(2)3;;;/h1H3;;;/q;+2;2*-1/p+1. The summed E-state index contributed by atoms with van der Waals surface area (Å²) in [7, 11) is -1.18. The van der Waals surface area contributed by atoms with Crippen LogP contribution in [0.25, 0.3) is 0 Å². The third-order valence-corrected chi connectivity index (χ3v) is 0.469. The molecule has 0 heterocycles. The van der Waals surface area contributed by atoms with Gasteiger partial charge in [-0.1, -0.05) is 0 Å². The van der Waals surface area contributed by atoms with E-state index >= 15 is 0 Å². The van der Waals surface area contributed by atoms with Crippen LogP contribution in [0.5, 0.6) is 0 Å². The summed E-state index contributed by atoms with van der Waals surface area (Å²) in [5, 5.41) is 0. The zero-order chi connectivity index (χ0) is 4.28. The van der Waals surface area contributed by atoms with Crippen LogP contribution < -0.4 is 0 Å². The fourth-order valence-electron chi connectivity index (χ4n) is 0. The van der Waals surface area contributed by atoms with E-state index in [2.05, 4.69) is 4.52 Å². The van der Waals surface area contributed by atoms with E-state index in [1.165, 1.54) is 7.11 Å². The summed E-state index contributed by atoms with van der Waals surface area (Å²) in [4.78, 5) is 7.65. The molecule has 5 heteroatoms. The van der Waals surface area contributed by atoms with Gasteiger partial charge in [-0.05, 0) is 0 Å². The average molecular weight is 121 g/mol. The van der Waals surface area contributed by atoms with Crippen LogP contribution in [-0.2, 0) is 9.09 Å². The third kappa shape index (κ3) is 8.84. The molecule has 6 heavy (non-hydrogen) atoms. The fraction of sp³-hybridized carbons (Fsp3) is 1.00. The van der Waals surface area contributed by atoms with Crippen molar-refractivity contribution in [1.82, 2.24) is 0 Å². The van der Waals surface area contributed by atoms with Crippen molar-refractivity contribution in [3.63, 3.8) is 0 Å². The maximum absolute atomic E-state index is 9.29. The maximum atomic E-state index is 9.29. The van der Waals surface area contributed by atoms with Crippen LogP contribution in [0.2, 0.25) is 0 Å². The number of hydrogen-bond acceptors (Lipinski definition) is 2. The third-order valence-electron chi connectivity index (χ3n) is 0.156. The van der Waals surface area contributed by atoms with Crippen LogP contribution in [0.4, 0.5) is 0 Å². The molecule has 1 atom stereocenters. The second kappa shape index (κ2) is 5.79. The Bertz CT molecular complexity index is 52.5. The monoisotopic (exact) mass is 121 g/mol. The van der Waals surface area contributed by atoms with Crippen LogP contribution in [0.15, 0.2) is 0 Å². The Morgan fingerprint density at radius 2 is 2.17 bits per heavy atom. The van der Waals surface area contributed by atoms with Gasteiger partial charge in [0, 0.05) is 4.57 Å². The molecule has 0 aliphatic carbocycles. The molecular weight excluding hydrogens is 115 g/mol. The molecule has 0 aromatic heterocycles. The molecule has 0 fully saturated rings. The molecule has 0 bridgehead atoms. The van der Waals surface area contributed by atoms with E-state index in [-0.39, 0.29) is 25.9 Å². The van der Waals surface area contributed by atoms with Gasteiger partial charge in [0.2, 0.25) is 0 Å². The summed E-state index contributed by atoms with van der Waals surface area (Å²) in [6, 6.07) is 0. The summed E-state index contributed by atoms with van der Waals surface area (Å²) >= 11 is 0. The van der Waals surface area contributed by atoms with Gasteiger partial charge in [0.25, 0.3) is 0 Å². The molecule has 0 aliphatic heterocycles. The summed E-state index contributed by atoms with van der Waals surface area (Å²) in [5.74, 6) is 0. The van der Waals surface area contributed by atoms with Crippen LogP contribution in [0.3, 0.4) is 0 Å². The van der Waals surface area contributed by atoms with Gasteiger partial charge in [-0.3, -0.25) is 0 Å². The smallest absolute Gasteiger partial charge is 1.00 e. The van der Waals surface area contributed by atoms with E-state index in [0.29, 0.717) is 0 Å². The Morgan fingerprint density at radius 3 is 2.17 bits per heavy atom. The topological polar surface area (TPSA) is 46.5 Å². The van der Waals surface area contributed by atoms with Crippen molar-refractivity contribution in [2.45, 2.75) is 0 Å². The van der Waals surface area contributed by atoms with Crippen molar-refractivity contribution in [1.29, 1.82) is 0 Å². The number of hydrogen-bond donors (Lipinski definition) is 1. The Balaban J connectivity index is -0.0000000267. The molecule has 0 rings (SSSR count). The van der Waals surface area contributed by atoms with Crippen molar-refractivity contribution in [3.8, 4) is 0 Å². The minimum Gasteiger partial charge on any atom is -1.00 e. The normalized spacial score (nSPS) is 9.33. The van der Waals surface area contributed by atoms with Crippen molar-refractivity contribution in [3.05, 3.63) is 0 Å². The zero-order valence-electron chi connectivity index (χ0n) is 5.42. The van der Waals surface area contributed by atoms with E-state index in [0.717, 1.165) is 0 Å². The van der Waals surface area contributed by atoms with Gasteiger partial charge in [-0.2, -0.15) is 0 Å². The second-order valence-corrected chi connectivity index (χ2v) is 1.26. The Kier molecular flexibility index (Phi) is 9.56. The molecule has 1 N–H and O–H groups in total. The van der Waals surface area contributed by atoms with Crippen LogP contribution in [0.1, 0.15) is 2.85 Å². The van der Waals surface area contributed by atoms with Gasteiger partial charge in [0.1, 0.15) is 0 Å². The van der Waals surface area contributed by atoms with E-state index < -0.39 is 8.25 Å². The van der Waals surface area contributed by atoms with Crippen molar-refractivity contribution in [2.75, 3.05) is 7.11 Å². The molecule has 0 aromatic rings. The Morgan fingerprint density at radius 1 is 2.00 bits per heavy atom. The predicted molar refractivity (Wildman–Crippen MR) is 24.8 cm³/mol. The first-order valence-corrected chi connectivity index (χ1v) is 2.10. The first kappa shape index (κ1) is 9.92. The summed E-state index contributed by atoms with van der Waals surface area (Å²) < 4.78 is 13.1. The van der Waals surface area contributed by atoms with Gasteiger partial charge in [0.15, 0.2) is 0 Å². The molecular formula is CH6MgO3P+. The van der Waals surface area contributed by atoms with Gasteiger partial charge in [0.05, 0.1) is 7.11 Å². The van der Waals surface area contributed by atoms with E-state index in [1.807, 2.05) is 0 Å². The zero-order valence-corrected chi connectivity index (χ0v) is 5.73. The van der Waals surface area contributed by atoms with Crippen molar-refractivity contribution >= 4 is 31.3 Å². The molecule has 1 unspecified atom stereocenters. The van der Waals surface area contributed by atoms with E-state index in [1.54, 1.807) is 0 Å². The minimum absolute atomic E-state index is 0. The van der Waals surface area contributed by atoms with Crippen LogP contribution in [0, 0.1) is 0 Å². The van der Waals surface area contributed by atoms with Gasteiger partial charge >= 0.3 is 31.3 Å². The molecule has 0 amide bonds. The Labute approximate surface area is 55.8 Å². The van der Waals surface area contributed by atoms with Gasteiger partial charge in [-0.15, -0.1) is 9.42 Å². The molecule has 3 nitrogen and oxygen atoms in total. The molecule has 0 spiro atoms. The van der Waals surface area contributed by atoms with Crippen molar-refractivity contribution in [2.24, 2.45) is 0 Å². The molecule has 0 aromatic carbocycles. The Hall–Kier alpha value is 0.786. The summed E-state index contributed by atoms with van der Waals surface area (Å²) in [6.07, 6.45) is 0. The van der Waals surface area contributed by atoms with Crippen LogP contribution in [-0.4, -0.2) is 35.1 Å². The van der Waals surface area contributed by atoms with E-state index in [9.17, 15) is 4.57 Å². The van der Waals surface area contributed by atoms with Crippen LogP contribution >= 0.6 is 8.25 Å². The average Bonchev–Trinajstić information content (AvgIpc) is 1.38. The van der Waals surface area contributed by atoms with Gasteiger partial charge < -0.3 is 2.85 Å². The maximum Gasteiger partial charge on any atom is 2.00 e. The first-order chi connectivity index (χ1) is 2.27. The number of rotatable bonds is 1.